The third-order valence-corrected chi connectivity index (χ3v) is 5.81. The van der Waals surface area contributed by atoms with Crippen LogP contribution in [0.15, 0.2) is 10.5 Å². The third kappa shape index (κ3) is 3.25. The lowest BCUT2D eigenvalue weighted by Gasteiger charge is -2.15. The molecule has 1 unspecified atom stereocenters. The van der Waals surface area contributed by atoms with Gasteiger partial charge in [0.05, 0.1) is 0 Å². The van der Waals surface area contributed by atoms with Crippen LogP contribution in [-0.2, 0) is 9.05 Å². The van der Waals surface area contributed by atoms with E-state index in [1.54, 1.807) is 0 Å². The standard InChI is InChI=1S/C6H2BrCl2F3O2S2/c7-2-1-3(15-5(2)8)4(6(10,11)12)16(9,13)14/h1,4H. The average molecular weight is 378 g/mol. The summed E-state index contributed by atoms with van der Waals surface area (Å²) >= 11 is 8.94. The molecule has 0 aliphatic carbocycles. The van der Waals surface area contributed by atoms with Crippen LogP contribution < -0.4 is 0 Å². The first-order valence-corrected chi connectivity index (χ1v) is 7.84. The lowest BCUT2D eigenvalue weighted by molar-refractivity contribution is -0.130. The van der Waals surface area contributed by atoms with Crippen LogP contribution in [0.2, 0.25) is 4.34 Å². The highest BCUT2D eigenvalue weighted by molar-refractivity contribution is 9.10. The van der Waals surface area contributed by atoms with Crippen LogP contribution >= 0.6 is 49.6 Å². The Bertz CT molecular complexity index is 477. The Morgan fingerprint density at radius 3 is 2.19 bits per heavy atom. The van der Waals surface area contributed by atoms with E-state index >= 15 is 0 Å². The van der Waals surface area contributed by atoms with Gasteiger partial charge in [-0.25, -0.2) is 8.42 Å². The molecule has 0 amide bonds. The summed E-state index contributed by atoms with van der Waals surface area (Å²) in [6, 6.07) is 0.991. The molecule has 2 nitrogen and oxygen atoms in total. The topological polar surface area (TPSA) is 34.1 Å². The number of hydrogen-bond acceptors (Lipinski definition) is 3. The van der Waals surface area contributed by atoms with Gasteiger partial charge in [0, 0.05) is 20.0 Å². The summed E-state index contributed by atoms with van der Waals surface area (Å²) in [6.45, 7) is 0. The third-order valence-electron chi connectivity index (χ3n) is 1.50. The van der Waals surface area contributed by atoms with Crippen molar-refractivity contribution in [1.82, 2.24) is 0 Å². The van der Waals surface area contributed by atoms with Crippen LogP contribution in [-0.4, -0.2) is 14.6 Å². The molecule has 0 fully saturated rings. The molecular formula is C6H2BrCl2F3O2S2. The highest BCUT2D eigenvalue weighted by Crippen LogP contribution is 2.46. The summed E-state index contributed by atoms with van der Waals surface area (Å²) in [5.41, 5.74) is 0. The zero-order valence-electron chi connectivity index (χ0n) is 7.06. The van der Waals surface area contributed by atoms with E-state index in [1.165, 1.54) is 0 Å². The van der Waals surface area contributed by atoms with Crippen molar-refractivity contribution in [3.8, 4) is 0 Å². The first kappa shape index (κ1) is 14.6. The Morgan fingerprint density at radius 2 is 1.94 bits per heavy atom. The maximum atomic E-state index is 12.5. The minimum atomic E-state index is -4.98. The quantitative estimate of drug-likeness (QED) is 0.718. The van der Waals surface area contributed by atoms with Crippen molar-refractivity contribution in [3.05, 3.63) is 19.8 Å². The Morgan fingerprint density at radius 1 is 1.44 bits per heavy atom. The summed E-state index contributed by atoms with van der Waals surface area (Å²) in [5.74, 6) is 0. The number of halogens is 6. The van der Waals surface area contributed by atoms with Gasteiger partial charge < -0.3 is 0 Å². The minimum absolute atomic E-state index is 0.0320. The second-order valence-electron chi connectivity index (χ2n) is 2.67. The van der Waals surface area contributed by atoms with E-state index in [-0.39, 0.29) is 8.81 Å². The summed E-state index contributed by atoms with van der Waals surface area (Å²) in [4.78, 5) is -0.473. The Kier molecular flexibility index (Phi) is 4.22. The molecule has 1 aromatic heterocycles. The lowest BCUT2D eigenvalue weighted by Crippen LogP contribution is -2.24. The van der Waals surface area contributed by atoms with Crippen molar-refractivity contribution in [1.29, 1.82) is 0 Å². The Balaban J connectivity index is 3.34. The van der Waals surface area contributed by atoms with Gasteiger partial charge in [-0.2, -0.15) is 13.2 Å². The molecule has 0 N–H and O–H groups in total. The Hall–Kier alpha value is 0.500. The van der Waals surface area contributed by atoms with E-state index in [1.807, 2.05) is 0 Å². The highest BCUT2D eigenvalue weighted by atomic mass is 79.9. The minimum Gasteiger partial charge on any atom is -0.211 e. The number of hydrogen-bond donors (Lipinski definition) is 0. The Labute approximate surface area is 111 Å². The van der Waals surface area contributed by atoms with Crippen molar-refractivity contribution in [2.45, 2.75) is 11.4 Å². The van der Waals surface area contributed by atoms with E-state index in [0.717, 1.165) is 6.07 Å². The van der Waals surface area contributed by atoms with Crippen molar-refractivity contribution in [2.75, 3.05) is 0 Å². The van der Waals surface area contributed by atoms with Crippen LogP contribution in [0.25, 0.3) is 0 Å². The van der Waals surface area contributed by atoms with E-state index in [4.69, 9.17) is 22.3 Å². The molecule has 0 aliphatic rings. The molecule has 0 saturated heterocycles. The van der Waals surface area contributed by atoms with E-state index in [0.29, 0.717) is 11.3 Å². The van der Waals surface area contributed by atoms with Crippen LogP contribution in [0, 0.1) is 0 Å². The van der Waals surface area contributed by atoms with Crippen LogP contribution in [0.5, 0.6) is 0 Å². The number of alkyl halides is 3. The summed E-state index contributed by atoms with van der Waals surface area (Å²) in [5, 5.41) is -2.75. The zero-order valence-corrected chi connectivity index (χ0v) is 11.8. The molecule has 1 aromatic rings. The molecule has 0 spiro atoms. The SMILES string of the molecule is O=S(=O)(Cl)C(c1cc(Br)c(Cl)s1)C(F)(F)F. The molecule has 0 aliphatic heterocycles. The second-order valence-corrected chi connectivity index (χ2v) is 7.92. The van der Waals surface area contributed by atoms with Gasteiger partial charge in [-0.3, -0.25) is 0 Å². The van der Waals surface area contributed by atoms with Gasteiger partial charge in [-0.1, -0.05) is 11.6 Å². The maximum Gasteiger partial charge on any atom is 0.411 e. The van der Waals surface area contributed by atoms with E-state index in [2.05, 4.69) is 15.9 Å². The fourth-order valence-corrected chi connectivity index (χ4v) is 4.63. The molecular weight excluding hydrogens is 376 g/mol. The highest BCUT2D eigenvalue weighted by Gasteiger charge is 2.50. The summed E-state index contributed by atoms with van der Waals surface area (Å²) in [7, 11) is -0.0205. The van der Waals surface area contributed by atoms with Crippen LogP contribution in [0.3, 0.4) is 0 Å². The van der Waals surface area contributed by atoms with Crippen molar-refractivity contribution in [3.63, 3.8) is 0 Å². The fraction of sp³-hybridized carbons (Fsp3) is 0.333. The summed E-state index contributed by atoms with van der Waals surface area (Å²) < 4.78 is 59.6. The molecule has 0 aromatic carbocycles. The van der Waals surface area contributed by atoms with Crippen LogP contribution in [0.4, 0.5) is 13.2 Å². The molecule has 0 saturated carbocycles. The molecule has 92 valence electrons. The van der Waals surface area contributed by atoms with E-state index < -0.39 is 25.4 Å². The molecule has 0 bridgehead atoms. The van der Waals surface area contributed by atoms with Crippen molar-refractivity contribution >= 4 is 58.6 Å². The van der Waals surface area contributed by atoms with E-state index in [9.17, 15) is 21.6 Å². The van der Waals surface area contributed by atoms with Crippen molar-refractivity contribution in [2.24, 2.45) is 0 Å². The van der Waals surface area contributed by atoms with Gasteiger partial charge in [-0.05, 0) is 22.0 Å². The zero-order chi connectivity index (χ0) is 12.7. The predicted octanol–water partition coefficient (Wildman–Crippen LogP) is 4.34. The first-order valence-electron chi connectivity index (χ1n) is 3.48. The first-order chi connectivity index (χ1) is 7.03. The molecule has 1 heterocycles. The number of rotatable bonds is 2. The maximum absolute atomic E-state index is 12.5. The average Bonchev–Trinajstić information content (AvgIpc) is 2.24. The van der Waals surface area contributed by atoms with Gasteiger partial charge in [0.15, 0.2) is 0 Å². The molecule has 1 rings (SSSR count). The normalized spacial score (nSPS) is 15.1. The van der Waals surface area contributed by atoms with Crippen molar-refractivity contribution < 1.29 is 21.6 Å². The largest absolute Gasteiger partial charge is 0.411 e. The molecule has 0 radical (unpaired) electrons. The van der Waals surface area contributed by atoms with Gasteiger partial charge in [0.1, 0.15) is 4.34 Å². The monoisotopic (exact) mass is 376 g/mol. The number of thiophene rings is 1. The van der Waals surface area contributed by atoms with Gasteiger partial charge in [-0.15, -0.1) is 11.3 Å². The molecule has 16 heavy (non-hydrogen) atoms. The second kappa shape index (κ2) is 4.64. The smallest absolute Gasteiger partial charge is 0.211 e. The van der Waals surface area contributed by atoms with Gasteiger partial charge in [0.25, 0.3) is 0 Å². The van der Waals surface area contributed by atoms with Crippen LogP contribution in [0.1, 0.15) is 10.1 Å². The lowest BCUT2D eigenvalue weighted by atomic mass is 10.3. The fourth-order valence-electron chi connectivity index (χ4n) is 0.952. The van der Waals surface area contributed by atoms with Gasteiger partial charge in [0.2, 0.25) is 14.3 Å². The summed E-state index contributed by atoms with van der Waals surface area (Å²) in [6.07, 6.45) is -4.98. The molecule has 10 heteroatoms. The van der Waals surface area contributed by atoms with Gasteiger partial charge >= 0.3 is 6.18 Å². The molecule has 1 atom stereocenters. The predicted molar refractivity (Wildman–Crippen MR) is 60.6 cm³/mol.